The number of hydrogen-bond acceptors (Lipinski definition) is 3. The topological polar surface area (TPSA) is 58.2 Å². The smallest absolute Gasteiger partial charge is 0.254 e. The van der Waals surface area contributed by atoms with E-state index < -0.39 is 11.7 Å². The van der Waals surface area contributed by atoms with Crippen LogP contribution in [0.4, 0.5) is 4.39 Å². The highest BCUT2D eigenvalue weighted by Crippen LogP contribution is 2.13. The molecule has 0 unspecified atom stereocenters. The Morgan fingerprint density at radius 3 is 2.68 bits per heavy atom. The Morgan fingerprint density at radius 1 is 1.37 bits per heavy atom. The molecule has 0 saturated carbocycles. The molecule has 2 amide bonds. The minimum Gasteiger partial charge on any atom is -0.354 e. The van der Waals surface area contributed by atoms with Gasteiger partial charge in [0.25, 0.3) is 5.91 Å². The summed E-state index contributed by atoms with van der Waals surface area (Å²) in [5.41, 5.74) is -0.0724. The van der Waals surface area contributed by atoms with Gasteiger partial charge in [0, 0.05) is 23.9 Å². The lowest BCUT2D eigenvalue weighted by Crippen LogP contribution is -2.34. The molecule has 0 heterocycles. The molecule has 0 aliphatic rings. The molecule has 104 valence electrons. The maximum Gasteiger partial charge on any atom is 0.254 e. The van der Waals surface area contributed by atoms with E-state index in [2.05, 4.69) is 23.3 Å². The average Bonchev–Trinajstić information content (AvgIpc) is 2.31. The lowest BCUT2D eigenvalue weighted by atomic mass is 10.2. The van der Waals surface area contributed by atoms with Gasteiger partial charge in [-0.15, -0.1) is 12.6 Å². The van der Waals surface area contributed by atoms with Crippen LogP contribution < -0.4 is 10.6 Å². The first-order valence-electron chi connectivity index (χ1n) is 5.96. The lowest BCUT2D eigenvalue weighted by molar-refractivity contribution is -0.121. The van der Waals surface area contributed by atoms with Crippen molar-refractivity contribution in [2.75, 3.05) is 6.54 Å². The molecule has 0 bridgehead atoms. The van der Waals surface area contributed by atoms with Gasteiger partial charge in [-0.05, 0) is 32.0 Å². The zero-order valence-corrected chi connectivity index (χ0v) is 11.8. The van der Waals surface area contributed by atoms with E-state index in [-0.39, 0.29) is 30.5 Å². The van der Waals surface area contributed by atoms with Crippen LogP contribution in [-0.2, 0) is 4.79 Å². The van der Waals surface area contributed by atoms with Crippen LogP contribution >= 0.6 is 12.6 Å². The minimum atomic E-state index is -0.609. The highest BCUT2D eigenvalue weighted by molar-refractivity contribution is 7.80. The van der Waals surface area contributed by atoms with Crippen LogP contribution in [0.15, 0.2) is 23.1 Å². The summed E-state index contributed by atoms with van der Waals surface area (Å²) < 4.78 is 13.4. The van der Waals surface area contributed by atoms with Gasteiger partial charge in [-0.2, -0.15) is 0 Å². The first kappa shape index (κ1) is 15.5. The van der Waals surface area contributed by atoms with Crippen LogP contribution in [0, 0.1) is 5.82 Å². The molecule has 0 radical (unpaired) electrons. The summed E-state index contributed by atoms with van der Waals surface area (Å²) in [5.74, 6) is -1.31. The number of nitrogens with one attached hydrogen (secondary N) is 2. The monoisotopic (exact) mass is 284 g/mol. The van der Waals surface area contributed by atoms with Gasteiger partial charge in [0.1, 0.15) is 5.82 Å². The van der Waals surface area contributed by atoms with Gasteiger partial charge < -0.3 is 10.6 Å². The van der Waals surface area contributed by atoms with Crippen molar-refractivity contribution < 1.29 is 14.0 Å². The number of carbonyl (C=O) groups is 2. The molecule has 0 atom stereocenters. The lowest BCUT2D eigenvalue weighted by Gasteiger charge is -2.09. The predicted molar refractivity (Wildman–Crippen MR) is 73.9 cm³/mol. The molecule has 1 aromatic rings. The summed E-state index contributed by atoms with van der Waals surface area (Å²) >= 11 is 4.05. The number of halogens is 1. The van der Waals surface area contributed by atoms with Gasteiger partial charge in [-0.25, -0.2) is 4.39 Å². The quantitative estimate of drug-likeness (QED) is 0.722. The summed E-state index contributed by atoms with van der Waals surface area (Å²) in [4.78, 5) is 23.6. The Labute approximate surface area is 117 Å². The molecule has 0 aliphatic carbocycles. The fourth-order valence-electron chi connectivity index (χ4n) is 1.47. The summed E-state index contributed by atoms with van der Waals surface area (Å²) in [6, 6.07) is 4.05. The third-order valence-corrected chi connectivity index (χ3v) is 2.56. The third kappa shape index (κ3) is 5.30. The summed E-state index contributed by atoms with van der Waals surface area (Å²) in [6.45, 7) is 3.86. The summed E-state index contributed by atoms with van der Waals surface area (Å²) in [5, 5.41) is 5.20. The van der Waals surface area contributed by atoms with Crippen molar-refractivity contribution in [2.45, 2.75) is 31.2 Å². The van der Waals surface area contributed by atoms with Crippen molar-refractivity contribution in [3.63, 3.8) is 0 Å². The van der Waals surface area contributed by atoms with Gasteiger partial charge in [0.15, 0.2) is 0 Å². The Kier molecular flexibility index (Phi) is 5.82. The molecule has 0 spiro atoms. The van der Waals surface area contributed by atoms with E-state index in [1.54, 1.807) is 0 Å². The van der Waals surface area contributed by atoms with Crippen LogP contribution in [0.5, 0.6) is 0 Å². The second-order valence-corrected chi connectivity index (χ2v) is 4.91. The fraction of sp³-hybridized carbons (Fsp3) is 0.385. The zero-order chi connectivity index (χ0) is 14.4. The number of amides is 2. The van der Waals surface area contributed by atoms with E-state index >= 15 is 0 Å². The third-order valence-electron chi connectivity index (χ3n) is 2.28. The number of rotatable bonds is 5. The molecule has 0 aromatic heterocycles. The molecule has 0 fully saturated rings. The van der Waals surface area contributed by atoms with E-state index in [0.717, 1.165) is 0 Å². The van der Waals surface area contributed by atoms with Crippen LogP contribution in [0.3, 0.4) is 0 Å². The molecule has 4 nitrogen and oxygen atoms in total. The minimum absolute atomic E-state index is 0.0570. The Bertz CT molecular complexity index is 478. The van der Waals surface area contributed by atoms with Crippen molar-refractivity contribution in [3.05, 3.63) is 29.6 Å². The molecule has 2 N–H and O–H groups in total. The van der Waals surface area contributed by atoms with Gasteiger partial charge >= 0.3 is 0 Å². The number of carbonyl (C=O) groups excluding carboxylic acids is 2. The van der Waals surface area contributed by atoms with Crippen molar-refractivity contribution in [1.82, 2.24) is 10.6 Å². The maximum absolute atomic E-state index is 13.4. The molecule has 1 rings (SSSR count). The highest BCUT2D eigenvalue weighted by Gasteiger charge is 2.12. The average molecular weight is 284 g/mol. The zero-order valence-electron chi connectivity index (χ0n) is 10.9. The molecule has 0 aliphatic heterocycles. The van der Waals surface area contributed by atoms with Gasteiger partial charge in [-0.3, -0.25) is 9.59 Å². The highest BCUT2D eigenvalue weighted by atomic mass is 32.1. The second kappa shape index (κ2) is 7.13. The molecular formula is C13H17FN2O2S. The summed E-state index contributed by atoms with van der Waals surface area (Å²) in [6.07, 6.45) is 0.159. The Balaban J connectivity index is 2.48. The molecule has 0 saturated heterocycles. The van der Waals surface area contributed by atoms with Crippen molar-refractivity contribution in [2.24, 2.45) is 0 Å². The van der Waals surface area contributed by atoms with E-state index in [0.29, 0.717) is 4.90 Å². The number of benzene rings is 1. The van der Waals surface area contributed by atoms with Crippen molar-refractivity contribution in [1.29, 1.82) is 0 Å². The first-order chi connectivity index (χ1) is 8.90. The Morgan fingerprint density at radius 2 is 2.05 bits per heavy atom. The fourth-order valence-corrected chi connectivity index (χ4v) is 1.67. The SMILES string of the molecule is CC(C)NC(=O)CCNC(=O)c1cc(S)ccc1F. The van der Waals surface area contributed by atoms with E-state index in [9.17, 15) is 14.0 Å². The van der Waals surface area contributed by atoms with Crippen LogP contribution in [0.25, 0.3) is 0 Å². The molecule has 19 heavy (non-hydrogen) atoms. The van der Waals surface area contributed by atoms with Crippen molar-refractivity contribution >= 4 is 24.4 Å². The van der Waals surface area contributed by atoms with E-state index in [1.165, 1.54) is 18.2 Å². The molecule has 6 heteroatoms. The first-order valence-corrected chi connectivity index (χ1v) is 6.41. The van der Waals surface area contributed by atoms with E-state index in [1.807, 2.05) is 13.8 Å². The molecule has 1 aromatic carbocycles. The van der Waals surface area contributed by atoms with Gasteiger partial charge in [-0.1, -0.05) is 0 Å². The second-order valence-electron chi connectivity index (χ2n) is 4.39. The number of thiol groups is 1. The standard InChI is InChI=1S/C13H17FN2O2S/c1-8(2)16-12(17)5-6-15-13(18)10-7-9(19)3-4-11(10)14/h3-4,7-8,19H,5-6H2,1-2H3,(H,15,18)(H,16,17). The molecular weight excluding hydrogens is 267 g/mol. The van der Waals surface area contributed by atoms with Gasteiger partial charge in [0.2, 0.25) is 5.91 Å². The normalized spacial score (nSPS) is 10.4. The van der Waals surface area contributed by atoms with Crippen LogP contribution in [0.1, 0.15) is 30.6 Å². The predicted octanol–water partition coefficient (Wildman–Crippen LogP) is 1.76. The number of hydrogen-bond donors (Lipinski definition) is 3. The van der Waals surface area contributed by atoms with Gasteiger partial charge in [0.05, 0.1) is 5.56 Å². The maximum atomic E-state index is 13.4. The Hall–Kier alpha value is -1.56. The van der Waals surface area contributed by atoms with Crippen LogP contribution in [0.2, 0.25) is 0 Å². The van der Waals surface area contributed by atoms with Crippen molar-refractivity contribution in [3.8, 4) is 0 Å². The van der Waals surface area contributed by atoms with E-state index in [4.69, 9.17) is 0 Å². The largest absolute Gasteiger partial charge is 0.354 e. The van der Waals surface area contributed by atoms with Crippen LogP contribution in [-0.4, -0.2) is 24.4 Å². The summed E-state index contributed by atoms with van der Waals surface area (Å²) in [7, 11) is 0.